The Balaban J connectivity index is 1.67. The summed E-state index contributed by atoms with van der Waals surface area (Å²) in [6, 6.07) is 8.96. The topological polar surface area (TPSA) is 30.3 Å². The van der Waals surface area contributed by atoms with E-state index in [-0.39, 0.29) is 0 Å². The molecule has 1 aromatic carbocycles. The van der Waals surface area contributed by atoms with E-state index in [0.29, 0.717) is 17.9 Å². The van der Waals surface area contributed by atoms with E-state index in [9.17, 15) is 0 Å². The van der Waals surface area contributed by atoms with Crippen LogP contribution >= 0.6 is 0 Å². The van der Waals surface area contributed by atoms with E-state index in [1.54, 1.807) is 5.57 Å². The fourth-order valence-electron chi connectivity index (χ4n) is 3.82. The molecule has 1 aliphatic carbocycles. The molecule has 0 bridgehead atoms. The molecule has 0 amide bonds. The van der Waals surface area contributed by atoms with Crippen molar-refractivity contribution in [2.24, 2.45) is 5.92 Å². The van der Waals surface area contributed by atoms with Gasteiger partial charge in [0.2, 0.25) is 0 Å². The number of fused-ring (bicyclic) bond motifs is 1. The standard InChI is InChI=1S/C20H29N3/c1-4-15(2)16-9-11-18(12-10-16)22(3)20(21)23-14-13-17-7-5-6-8-19(17)23/h5-9,15,18,21H,4,10-14H2,1-3H3. The molecule has 124 valence electrons. The molecule has 2 aliphatic rings. The van der Waals surface area contributed by atoms with Crippen molar-refractivity contribution in [1.82, 2.24) is 4.90 Å². The molecule has 1 aromatic rings. The quantitative estimate of drug-likeness (QED) is 0.508. The second kappa shape index (κ2) is 6.77. The summed E-state index contributed by atoms with van der Waals surface area (Å²) in [6.45, 7) is 5.53. The number of para-hydroxylation sites is 1. The monoisotopic (exact) mass is 311 g/mol. The summed E-state index contributed by atoms with van der Waals surface area (Å²) in [5, 5.41) is 8.66. The Morgan fingerprint density at radius 1 is 1.35 bits per heavy atom. The van der Waals surface area contributed by atoms with Crippen LogP contribution in [-0.2, 0) is 6.42 Å². The summed E-state index contributed by atoms with van der Waals surface area (Å²) in [5.41, 5.74) is 4.21. The molecule has 0 spiro atoms. The van der Waals surface area contributed by atoms with Gasteiger partial charge in [-0.05, 0) is 49.7 Å². The van der Waals surface area contributed by atoms with E-state index in [4.69, 9.17) is 5.41 Å². The van der Waals surface area contributed by atoms with Gasteiger partial charge in [-0.1, -0.05) is 43.7 Å². The van der Waals surface area contributed by atoms with Crippen LogP contribution in [0.4, 0.5) is 5.69 Å². The van der Waals surface area contributed by atoms with Gasteiger partial charge in [-0.15, -0.1) is 0 Å². The van der Waals surface area contributed by atoms with E-state index in [1.807, 2.05) is 0 Å². The molecule has 1 N–H and O–H groups in total. The molecule has 1 heterocycles. The third-order valence-corrected chi connectivity index (χ3v) is 5.69. The number of anilines is 1. The molecular weight excluding hydrogens is 282 g/mol. The highest BCUT2D eigenvalue weighted by atomic mass is 15.4. The fraction of sp³-hybridized carbons (Fsp3) is 0.550. The lowest BCUT2D eigenvalue weighted by molar-refractivity contribution is 0.324. The number of allylic oxidation sites excluding steroid dienone is 1. The maximum Gasteiger partial charge on any atom is 0.198 e. The Morgan fingerprint density at radius 2 is 2.13 bits per heavy atom. The molecule has 3 rings (SSSR count). The second-order valence-electron chi connectivity index (χ2n) is 6.98. The predicted octanol–water partition coefficient (Wildman–Crippen LogP) is 4.44. The van der Waals surface area contributed by atoms with Gasteiger partial charge in [0, 0.05) is 25.3 Å². The number of hydrogen-bond donors (Lipinski definition) is 1. The molecule has 3 heteroatoms. The maximum absolute atomic E-state index is 8.66. The molecule has 3 nitrogen and oxygen atoms in total. The van der Waals surface area contributed by atoms with Crippen LogP contribution in [0.15, 0.2) is 35.9 Å². The highest BCUT2D eigenvalue weighted by Gasteiger charge is 2.28. The first kappa shape index (κ1) is 16.1. The Labute approximate surface area is 140 Å². The first-order chi connectivity index (χ1) is 11.1. The predicted molar refractivity (Wildman–Crippen MR) is 98.2 cm³/mol. The zero-order valence-electron chi connectivity index (χ0n) is 14.7. The average Bonchev–Trinajstić information content (AvgIpc) is 3.04. The van der Waals surface area contributed by atoms with Gasteiger partial charge < -0.3 is 9.80 Å². The summed E-state index contributed by atoms with van der Waals surface area (Å²) in [5.74, 6) is 1.37. The third kappa shape index (κ3) is 3.15. The highest BCUT2D eigenvalue weighted by molar-refractivity contribution is 5.95. The summed E-state index contributed by atoms with van der Waals surface area (Å²) in [7, 11) is 2.09. The van der Waals surface area contributed by atoms with Crippen molar-refractivity contribution < 1.29 is 0 Å². The molecule has 1 aliphatic heterocycles. The van der Waals surface area contributed by atoms with Gasteiger partial charge in [-0.25, -0.2) is 0 Å². The largest absolute Gasteiger partial charge is 0.342 e. The van der Waals surface area contributed by atoms with E-state index >= 15 is 0 Å². The summed E-state index contributed by atoms with van der Waals surface area (Å²) < 4.78 is 0. The normalized spacial score (nSPS) is 21.6. The van der Waals surface area contributed by atoms with Gasteiger partial charge in [-0.2, -0.15) is 0 Å². The average molecular weight is 311 g/mol. The van der Waals surface area contributed by atoms with Crippen molar-refractivity contribution >= 4 is 11.6 Å². The lowest BCUT2D eigenvalue weighted by Crippen LogP contribution is -2.46. The molecule has 23 heavy (non-hydrogen) atoms. The number of nitrogens with zero attached hydrogens (tertiary/aromatic N) is 2. The van der Waals surface area contributed by atoms with Gasteiger partial charge in [0.1, 0.15) is 0 Å². The molecule has 2 atom stereocenters. The Kier molecular flexibility index (Phi) is 4.74. The molecule has 0 saturated heterocycles. The van der Waals surface area contributed by atoms with E-state index in [2.05, 4.69) is 61.0 Å². The van der Waals surface area contributed by atoms with Crippen molar-refractivity contribution in [2.75, 3.05) is 18.5 Å². The van der Waals surface area contributed by atoms with Crippen LogP contribution in [0, 0.1) is 11.3 Å². The molecule has 0 aromatic heterocycles. The van der Waals surface area contributed by atoms with Gasteiger partial charge in [0.15, 0.2) is 5.96 Å². The number of benzene rings is 1. The zero-order valence-corrected chi connectivity index (χ0v) is 14.7. The summed E-state index contributed by atoms with van der Waals surface area (Å²) in [4.78, 5) is 4.36. The van der Waals surface area contributed by atoms with Crippen molar-refractivity contribution in [3.8, 4) is 0 Å². The summed E-state index contributed by atoms with van der Waals surface area (Å²) >= 11 is 0. The summed E-state index contributed by atoms with van der Waals surface area (Å²) in [6.07, 6.45) is 8.15. The number of guanidine groups is 1. The van der Waals surface area contributed by atoms with Gasteiger partial charge in [-0.3, -0.25) is 5.41 Å². The maximum atomic E-state index is 8.66. The zero-order chi connectivity index (χ0) is 16.4. The van der Waals surface area contributed by atoms with Crippen LogP contribution in [-0.4, -0.2) is 30.5 Å². The number of nitrogens with one attached hydrogen (secondary N) is 1. The van der Waals surface area contributed by atoms with Gasteiger partial charge >= 0.3 is 0 Å². The lowest BCUT2D eigenvalue weighted by Gasteiger charge is -2.36. The van der Waals surface area contributed by atoms with Gasteiger partial charge in [0.25, 0.3) is 0 Å². The van der Waals surface area contributed by atoms with E-state index < -0.39 is 0 Å². The smallest absolute Gasteiger partial charge is 0.198 e. The first-order valence-electron chi connectivity index (χ1n) is 8.97. The highest BCUT2D eigenvalue weighted by Crippen LogP contribution is 2.31. The third-order valence-electron chi connectivity index (χ3n) is 5.69. The minimum Gasteiger partial charge on any atom is -0.342 e. The lowest BCUT2D eigenvalue weighted by atomic mass is 9.86. The number of hydrogen-bond acceptors (Lipinski definition) is 1. The van der Waals surface area contributed by atoms with Crippen molar-refractivity contribution in [1.29, 1.82) is 5.41 Å². The van der Waals surface area contributed by atoms with Gasteiger partial charge in [0.05, 0.1) is 0 Å². The molecular formula is C20H29N3. The molecule has 0 fully saturated rings. The van der Waals surface area contributed by atoms with Crippen LogP contribution in [0.5, 0.6) is 0 Å². The van der Waals surface area contributed by atoms with Crippen molar-refractivity contribution in [3.63, 3.8) is 0 Å². The Hall–Kier alpha value is -1.77. The van der Waals surface area contributed by atoms with Crippen LogP contribution in [0.3, 0.4) is 0 Å². The number of rotatable bonds is 3. The molecule has 0 radical (unpaired) electrons. The van der Waals surface area contributed by atoms with Crippen LogP contribution < -0.4 is 4.90 Å². The Morgan fingerprint density at radius 3 is 2.83 bits per heavy atom. The second-order valence-corrected chi connectivity index (χ2v) is 6.98. The molecule has 0 saturated carbocycles. The van der Waals surface area contributed by atoms with Crippen molar-refractivity contribution in [3.05, 3.63) is 41.5 Å². The van der Waals surface area contributed by atoms with Crippen LogP contribution in [0.25, 0.3) is 0 Å². The fourth-order valence-corrected chi connectivity index (χ4v) is 3.82. The minimum absolute atomic E-state index is 0.461. The van der Waals surface area contributed by atoms with Crippen LogP contribution in [0.2, 0.25) is 0 Å². The minimum atomic E-state index is 0.461. The molecule has 2 unspecified atom stereocenters. The van der Waals surface area contributed by atoms with E-state index in [0.717, 1.165) is 19.4 Å². The first-order valence-corrected chi connectivity index (χ1v) is 8.97. The van der Waals surface area contributed by atoms with E-state index in [1.165, 1.54) is 30.5 Å². The Bertz CT molecular complexity index is 605. The van der Waals surface area contributed by atoms with Crippen LogP contribution in [0.1, 0.15) is 45.1 Å². The SMILES string of the molecule is CCC(C)C1=CCC(N(C)C(=N)N2CCc3ccccc32)CC1. The van der Waals surface area contributed by atoms with Crippen molar-refractivity contribution in [2.45, 2.75) is 52.0 Å².